The summed E-state index contributed by atoms with van der Waals surface area (Å²) in [6, 6.07) is 0. The highest BCUT2D eigenvalue weighted by Crippen LogP contribution is 2.11. The number of aryl methyl sites for hydroxylation is 2. The number of aromatic nitrogens is 4. The molecular weight excluding hydrogens is 206 g/mol. The van der Waals surface area contributed by atoms with Gasteiger partial charge in [-0.1, -0.05) is 0 Å². The van der Waals surface area contributed by atoms with E-state index in [9.17, 15) is 4.79 Å². The highest BCUT2D eigenvalue weighted by molar-refractivity contribution is 5.94. The third kappa shape index (κ3) is 1.47. The van der Waals surface area contributed by atoms with E-state index < -0.39 is 0 Å². The molecule has 0 radical (unpaired) electrons. The third-order valence-electron chi connectivity index (χ3n) is 2.70. The van der Waals surface area contributed by atoms with Gasteiger partial charge in [-0.05, 0) is 26.3 Å². The number of fused-ring (bicyclic) bond motifs is 1. The summed E-state index contributed by atoms with van der Waals surface area (Å²) in [6.45, 7) is 5.70. The van der Waals surface area contributed by atoms with Crippen molar-refractivity contribution in [3.05, 3.63) is 22.8 Å². The van der Waals surface area contributed by atoms with Crippen LogP contribution >= 0.6 is 0 Å². The van der Waals surface area contributed by atoms with Crippen LogP contribution in [-0.4, -0.2) is 31.9 Å². The van der Waals surface area contributed by atoms with Gasteiger partial charge in [0.1, 0.15) is 0 Å². The van der Waals surface area contributed by atoms with E-state index in [-0.39, 0.29) is 18.2 Å². The monoisotopic (exact) mass is 219 g/mol. The lowest BCUT2D eigenvalue weighted by molar-refractivity contribution is 0.0992. The van der Waals surface area contributed by atoms with E-state index in [0.29, 0.717) is 5.78 Å². The van der Waals surface area contributed by atoms with Gasteiger partial charge in [0.15, 0.2) is 0 Å². The van der Waals surface area contributed by atoms with E-state index >= 15 is 0 Å². The van der Waals surface area contributed by atoms with E-state index in [0.717, 1.165) is 17.0 Å². The van der Waals surface area contributed by atoms with Crippen LogP contribution in [0.2, 0.25) is 0 Å². The first kappa shape index (κ1) is 10.7. The second kappa shape index (κ2) is 3.64. The molecule has 0 fully saturated rings. The molecular formula is C10H13N5O. The maximum absolute atomic E-state index is 11.4. The van der Waals surface area contributed by atoms with Crippen molar-refractivity contribution in [1.82, 2.24) is 19.6 Å². The predicted molar refractivity (Wildman–Crippen MR) is 58.4 cm³/mol. The lowest BCUT2D eigenvalue weighted by atomic mass is 10.2. The molecule has 0 amide bonds. The minimum atomic E-state index is -0.278. The molecule has 0 aliphatic heterocycles. The molecule has 6 heteroatoms. The fourth-order valence-corrected chi connectivity index (χ4v) is 1.47. The normalized spacial score (nSPS) is 11.0. The second-order valence-electron chi connectivity index (χ2n) is 3.68. The van der Waals surface area contributed by atoms with Crippen LogP contribution in [0.3, 0.4) is 0 Å². The number of nitrogens with two attached hydrogens (primary N) is 1. The van der Waals surface area contributed by atoms with E-state index in [1.165, 1.54) is 0 Å². The maximum atomic E-state index is 11.4. The molecule has 0 saturated carbocycles. The van der Waals surface area contributed by atoms with Crippen LogP contribution in [0.4, 0.5) is 0 Å². The largest absolute Gasteiger partial charge is 0.324 e. The number of rotatable bonds is 2. The van der Waals surface area contributed by atoms with Crippen LogP contribution in [0, 0.1) is 20.8 Å². The summed E-state index contributed by atoms with van der Waals surface area (Å²) in [5.74, 6) is 0.292. The lowest BCUT2D eigenvalue weighted by Gasteiger charge is -2.04. The molecule has 0 atom stereocenters. The minimum absolute atomic E-state index is 0.0894. The molecule has 0 aromatic carbocycles. The van der Waals surface area contributed by atoms with Gasteiger partial charge in [-0.25, -0.2) is 9.50 Å². The second-order valence-corrected chi connectivity index (χ2v) is 3.68. The molecule has 2 aromatic heterocycles. The van der Waals surface area contributed by atoms with E-state index in [1.807, 2.05) is 20.8 Å². The molecule has 16 heavy (non-hydrogen) atoms. The molecule has 2 heterocycles. The van der Waals surface area contributed by atoms with Gasteiger partial charge >= 0.3 is 0 Å². The fraction of sp³-hybridized carbons (Fsp3) is 0.400. The van der Waals surface area contributed by atoms with Crippen molar-refractivity contribution in [2.24, 2.45) is 5.73 Å². The van der Waals surface area contributed by atoms with Gasteiger partial charge in [-0.2, -0.15) is 4.98 Å². The molecule has 0 aliphatic carbocycles. The number of carbonyl (C=O) groups is 1. The summed E-state index contributed by atoms with van der Waals surface area (Å²) in [4.78, 5) is 19.7. The van der Waals surface area contributed by atoms with Crippen LogP contribution in [0.15, 0.2) is 0 Å². The number of Topliss-reactive ketones (excluding diaryl/α,β-unsaturated/α-hetero) is 1. The minimum Gasteiger partial charge on any atom is -0.324 e. The van der Waals surface area contributed by atoms with Crippen molar-refractivity contribution in [2.75, 3.05) is 6.54 Å². The molecule has 84 valence electrons. The Morgan fingerprint density at radius 2 is 2.00 bits per heavy atom. The number of nitrogens with zero attached hydrogens (tertiary/aromatic N) is 4. The van der Waals surface area contributed by atoms with Gasteiger partial charge < -0.3 is 5.73 Å². The standard InChI is InChI=1S/C10H13N5O/c1-5-6(2)12-10-13-9(8(16)4-11)14-15(10)7(5)3/h4,11H2,1-3H3. The highest BCUT2D eigenvalue weighted by atomic mass is 16.1. The van der Waals surface area contributed by atoms with Crippen LogP contribution < -0.4 is 5.73 Å². The fourth-order valence-electron chi connectivity index (χ4n) is 1.47. The van der Waals surface area contributed by atoms with Crippen LogP contribution in [0.5, 0.6) is 0 Å². The van der Waals surface area contributed by atoms with Crippen molar-refractivity contribution < 1.29 is 4.79 Å². The number of hydrogen-bond acceptors (Lipinski definition) is 5. The van der Waals surface area contributed by atoms with Gasteiger partial charge in [0, 0.05) is 11.4 Å². The van der Waals surface area contributed by atoms with Gasteiger partial charge in [-0.3, -0.25) is 4.79 Å². The zero-order valence-electron chi connectivity index (χ0n) is 9.48. The Bertz CT molecular complexity index is 572. The summed E-state index contributed by atoms with van der Waals surface area (Å²) in [7, 11) is 0. The van der Waals surface area contributed by atoms with Gasteiger partial charge in [0.2, 0.25) is 11.6 Å². The molecule has 0 aliphatic rings. The summed E-state index contributed by atoms with van der Waals surface area (Å²) in [5.41, 5.74) is 8.14. The zero-order chi connectivity index (χ0) is 11.9. The summed E-state index contributed by atoms with van der Waals surface area (Å²) >= 11 is 0. The average Bonchev–Trinajstić information content (AvgIpc) is 2.69. The average molecular weight is 219 g/mol. The number of ketones is 1. The first-order chi connectivity index (χ1) is 7.54. The Kier molecular flexibility index (Phi) is 2.43. The van der Waals surface area contributed by atoms with Gasteiger partial charge in [-0.15, -0.1) is 5.10 Å². The third-order valence-corrected chi connectivity index (χ3v) is 2.70. The molecule has 0 bridgehead atoms. The van der Waals surface area contributed by atoms with E-state index in [4.69, 9.17) is 5.73 Å². The quantitative estimate of drug-likeness (QED) is 0.729. The smallest absolute Gasteiger partial charge is 0.253 e. The van der Waals surface area contributed by atoms with Crippen molar-refractivity contribution in [3.8, 4) is 0 Å². The molecule has 0 saturated heterocycles. The molecule has 2 rings (SSSR count). The SMILES string of the molecule is Cc1nc2nc(C(=O)CN)nn2c(C)c1C. The first-order valence-electron chi connectivity index (χ1n) is 4.98. The van der Waals surface area contributed by atoms with Crippen molar-refractivity contribution in [3.63, 3.8) is 0 Å². The number of hydrogen-bond donors (Lipinski definition) is 1. The molecule has 2 aromatic rings. The van der Waals surface area contributed by atoms with Crippen molar-refractivity contribution >= 4 is 11.6 Å². The predicted octanol–water partition coefficient (Wildman–Crippen LogP) is 0.191. The summed E-state index contributed by atoms with van der Waals surface area (Å²) in [5, 5.41) is 4.10. The summed E-state index contributed by atoms with van der Waals surface area (Å²) in [6.07, 6.45) is 0. The topological polar surface area (TPSA) is 86.2 Å². The Balaban J connectivity index is 2.71. The first-order valence-corrected chi connectivity index (χ1v) is 4.98. The van der Waals surface area contributed by atoms with Crippen LogP contribution in [-0.2, 0) is 0 Å². The molecule has 2 N–H and O–H groups in total. The van der Waals surface area contributed by atoms with Crippen molar-refractivity contribution in [2.45, 2.75) is 20.8 Å². The lowest BCUT2D eigenvalue weighted by Crippen LogP contribution is -2.15. The number of carbonyl (C=O) groups excluding carboxylic acids is 1. The van der Waals surface area contributed by atoms with Gasteiger partial charge in [0.05, 0.1) is 6.54 Å². The zero-order valence-corrected chi connectivity index (χ0v) is 9.48. The molecule has 6 nitrogen and oxygen atoms in total. The van der Waals surface area contributed by atoms with Crippen LogP contribution in [0.25, 0.3) is 5.78 Å². The Hall–Kier alpha value is -1.82. The van der Waals surface area contributed by atoms with E-state index in [2.05, 4.69) is 15.1 Å². The van der Waals surface area contributed by atoms with Crippen LogP contribution in [0.1, 0.15) is 27.6 Å². The molecule has 0 unspecified atom stereocenters. The van der Waals surface area contributed by atoms with Gasteiger partial charge in [0.25, 0.3) is 5.78 Å². The Labute approximate surface area is 92.5 Å². The molecule has 0 spiro atoms. The summed E-state index contributed by atoms with van der Waals surface area (Å²) < 4.78 is 1.57. The maximum Gasteiger partial charge on any atom is 0.253 e. The Morgan fingerprint density at radius 3 is 2.62 bits per heavy atom. The van der Waals surface area contributed by atoms with E-state index in [1.54, 1.807) is 4.52 Å². The highest BCUT2D eigenvalue weighted by Gasteiger charge is 2.14. The Morgan fingerprint density at radius 1 is 1.31 bits per heavy atom. The van der Waals surface area contributed by atoms with Crippen molar-refractivity contribution in [1.29, 1.82) is 0 Å².